The zero-order valence-electron chi connectivity index (χ0n) is 19.2. The largest absolute Gasteiger partial charge is 0.468 e. The highest BCUT2D eigenvalue weighted by Crippen LogP contribution is 2.48. The van der Waals surface area contributed by atoms with E-state index >= 15 is 0 Å². The average molecular weight is 534 g/mol. The zero-order chi connectivity index (χ0) is 24.3. The number of hydrogen-bond donors (Lipinski definition) is 0. The van der Waals surface area contributed by atoms with Crippen LogP contribution in [-0.2, 0) is 20.9 Å². The predicted octanol–water partition coefficient (Wildman–Crippen LogP) is 5.46. The van der Waals surface area contributed by atoms with Crippen LogP contribution in [0.3, 0.4) is 0 Å². The summed E-state index contributed by atoms with van der Waals surface area (Å²) in [5, 5.41) is 6.09. The number of methoxy groups -OCH3 is 1. The van der Waals surface area contributed by atoms with E-state index in [0.717, 1.165) is 42.2 Å². The molecule has 2 aliphatic carbocycles. The molecule has 1 aromatic heterocycles. The van der Waals surface area contributed by atoms with Crippen molar-refractivity contribution in [1.29, 1.82) is 0 Å². The summed E-state index contributed by atoms with van der Waals surface area (Å²) in [4.78, 5) is 18.8. The molecule has 7 nitrogen and oxygen atoms in total. The van der Waals surface area contributed by atoms with Crippen molar-refractivity contribution >= 4 is 46.1 Å². The van der Waals surface area contributed by atoms with Crippen LogP contribution in [0.25, 0.3) is 11.3 Å². The number of carbonyl (C=O) groups is 1. The third-order valence-corrected chi connectivity index (χ3v) is 9.06. The molecule has 0 N–H and O–H groups in total. The van der Waals surface area contributed by atoms with Gasteiger partial charge in [-0.05, 0) is 43.4 Å². The topological polar surface area (TPSA) is 77.2 Å². The third-order valence-electron chi connectivity index (χ3n) is 7.25. The Labute approximate surface area is 217 Å². The molecule has 5 aliphatic rings. The number of aliphatic imine (C=N–C) groups is 1. The molecule has 7 rings (SSSR count). The minimum absolute atomic E-state index is 0.0756. The Kier molecular flexibility index (Phi) is 6.11. The second-order valence-corrected chi connectivity index (χ2v) is 11.4. The Morgan fingerprint density at radius 3 is 2.63 bits per heavy atom. The molecule has 2 saturated heterocycles. The van der Waals surface area contributed by atoms with Crippen molar-refractivity contribution in [2.45, 2.75) is 61.6 Å². The molecule has 0 amide bonds. The zero-order valence-corrected chi connectivity index (χ0v) is 21.5. The van der Waals surface area contributed by atoms with Crippen LogP contribution in [0.2, 0.25) is 10.0 Å². The van der Waals surface area contributed by atoms with Crippen molar-refractivity contribution in [1.82, 2.24) is 10.1 Å². The number of esters is 1. The second-order valence-electron chi connectivity index (χ2n) is 9.42. The standard InChI is InChI=1S/C25H25Cl2N3O4S/c1-12-18-8-14(9-19(12)30(18)25-28-10-20(35-25)24(31)32-2)33-11-15-22(29-34-23(15)13-6-7-13)21-16(26)4-3-5-17(21)27/h3-5,13-14,18-20H,1,6-11H2,2H3/t14-,18-,19?,20?/m0/s1. The summed E-state index contributed by atoms with van der Waals surface area (Å²) in [6.45, 7) is 5.14. The highest BCUT2D eigenvalue weighted by atomic mass is 35.5. The molecule has 4 atom stereocenters. The normalized spacial score (nSPS) is 27.6. The number of rotatable bonds is 6. The first-order chi connectivity index (χ1) is 17.0. The van der Waals surface area contributed by atoms with Crippen molar-refractivity contribution < 1.29 is 18.8 Å². The van der Waals surface area contributed by atoms with Gasteiger partial charge in [-0.25, -0.2) is 0 Å². The number of piperidine rings is 1. The molecule has 4 fully saturated rings. The number of fused-ring (bicyclic) bond motifs is 2. The molecule has 10 heteroatoms. The van der Waals surface area contributed by atoms with Gasteiger partial charge < -0.3 is 18.9 Å². The van der Waals surface area contributed by atoms with Gasteiger partial charge in [-0.15, -0.1) is 0 Å². The Hall–Kier alpha value is -2.00. The first-order valence-corrected chi connectivity index (χ1v) is 13.4. The van der Waals surface area contributed by atoms with E-state index in [4.69, 9.17) is 37.2 Å². The Morgan fingerprint density at radius 1 is 1.26 bits per heavy atom. The van der Waals surface area contributed by atoms with Crippen LogP contribution < -0.4 is 0 Å². The van der Waals surface area contributed by atoms with E-state index in [9.17, 15) is 4.79 Å². The average Bonchev–Trinajstić information content (AvgIpc) is 3.44. The lowest BCUT2D eigenvalue weighted by atomic mass is 9.74. The van der Waals surface area contributed by atoms with Gasteiger partial charge in [0.1, 0.15) is 16.7 Å². The van der Waals surface area contributed by atoms with E-state index in [1.54, 1.807) is 0 Å². The van der Waals surface area contributed by atoms with Crippen molar-refractivity contribution in [2.75, 3.05) is 13.7 Å². The summed E-state index contributed by atoms with van der Waals surface area (Å²) < 4.78 is 17.1. The SMILES string of the molecule is C=C1C2C[C@@H](OCc3c(-c4c(Cl)cccc4Cl)noc3C3CC3)C[C@@H]1N2C1=NCC(C(=O)OC)S1. The minimum Gasteiger partial charge on any atom is -0.468 e. The van der Waals surface area contributed by atoms with Gasteiger partial charge >= 0.3 is 5.97 Å². The Balaban J connectivity index is 1.16. The van der Waals surface area contributed by atoms with Gasteiger partial charge in [0.15, 0.2) is 5.17 Å². The minimum atomic E-state index is -0.263. The lowest BCUT2D eigenvalue weighted by Crippen LogP contribution is -2.65. The van der Waals surface area contributed by atoms with Gasteiger partial charge in [-0.1, -0.05) is 52.8 Å². The van der Waals surface area contributed by atoms with Crippen molar-refractivity contribution in [3.8, 4) is 11.3 Å². The summed E-state index contributed by atoms with van der Waals surface area (Å²) >= 11 is 14.5. The highest BCUT2D eigenvalue weighted by Gasteiger charge is 2.52. The number of hydrogen-bond acceptors (Lipinski definition) is 8. The number of amidine groups is 1. The number of nitrogens with zero attached hydrogens (tertiary/aromatic N) is 3. The molecule has 4 heterocycles. The Morgan fingerprint density at radius 2 is 1.97 bits per heavy atom. The molecule has 184 valence electrons. The summed E-state index contributed by atoms with van der Waals surface area (Å²) in [5.41, 5.74) is 3.50. The van der Waals surface area contributed by atoms with E-state index < -0.39 is 0 Å². The maximum Gasteiger partial charge on any atom is 0.321 e. The van der Waals surface area contributed by atoms with Gasteiger partial charge in [-0.3, -0.25) is 9.79 Å². The molecular weight excluding hydrogens is 509 g/mol. The van der Waals surface area contributed by atoms with Gasteiger partial charge in [0.25, 0.3) is 0 Å². The van der Waals surface area contributed by atoms with Crippen LogP contribution in [0.5, 0.6) is 0 Å². The van der Waals surface area contributed by atoms with Crippen LogP contribution in [0.1, 0.15) is 42.9 Å². The lowest BCUT2D eigenvalue weighted by molar-refractivity contribution is -0.139. The van der Waals surface area contributed by atoms with Crippen molar-refractivity contribution in [2.24, 2.45) is 4.99 Å². The van der Waals surface area contributed by atoms with Gasteiger partial charge in [0.2, 0.25) is 0 Å². The van der Waals surface area contributed by atoms with Crippen LogP contribution >= 0.6 is 35.0 Å². The molecule has 0 spiro atoms. The molecule has 2 aromatic rings. The molecule has 2 unspecified atom stereocenters. The number of aromatic nitrogens is 1. The third kappa shape index (κ3) is 4.08. The number of carbonyl (C=O) groups excluding carboxylic acids is 1. The first-order valence-electron chi connectivity index (χ1n) is 11.8. The Bertz CT molecular complexity index is 1190. The molecule has 1 aromatic carbocycles. The quantitative estimate of drug-likeness (QED) is 0.360. The fraction of sp³-hybridized carbons (Fsp3) is 0.480. The monoisotopic (exact) mass is 533 g/mol. The van der Waals surface area contributed by atoms with E-state index in [0.29, 0.717) is 40.4 Å². The number of ether oxygens (including phenoxy) is 2. The maximum atomic E-state index is 11.9. The summed E-state index contributed by atoms with van der Waals surface area (Å²) in [7, 11) is 1.41. The summed E-state index contributed by atoms with van der Waals surface area (Å²) in [5.74, 6) is 1.04. The summed E-state index contributed by atoms with van der Waals surface area (Å²) in [6, 6.07) is 5.78. The van der Waals surface area contributed by atoms with Crippen molar-refractivity contribution in [3.05, 3.63) is 51.7 Å². The lowest BCUT2D eigenvalue weighted by Gasteiger charge is -2.57. The summed E-state index contributed by atoms with van der Waals surface area (Å²) in [6.07, 6.45) is 3.90. The number of benzene rings is 1. The molecule has 2 saturated carbocycles. The molecule has 3 aliphatic heterocycles. The van der Waals surface area contributed by atoms with E-state index in [-0.39, 0.29) is 29.4 Å². The smallest absolute Gasteiger partial charge is 0.321 e. The van der Waals surface area contributed by atoms with Gasteiger partial charge in [-0.2, -0.15) is 0 Å². The number of halogens is 2. The highest BCUT2D eigenvalue weighted by molar-refractivity contribution is 8.15. The first kappa shape index (κ1) is 23.4. The van der Waals surface area contributed by atoms with Gasteiger partial charge in [0.05, 0.1) is 48.5 Å². The van der Waals surface area contributed by atoms with E-state index in [1.807, 2.05) is 18.2 Å². The second kappa shape index (κ2) is 9.14. The molecule has 2 bridgehead atoms. The molecular formula is C25H25Cl2N3O4S. The number of thioether (sulfide) groups is 1. The molecule has 35 heavy (non-hydrogen) atoms. The van der Waals surface area contributed by atoms with Crippen LogP contribution in [0.4, 0.5) is 0 Å². The van der Waals surface area contributed by atoms with E-state index in [2.05, 4.69) is 21.6 Å². The predicted molar refractivity (Wildman–Crippen MR) is 136 cm³/mol. The maximum absolute atomic E-state index is 11.9. The fourth-order valence-electron chi connectivity index (χ4n) is 5.25. The molecule has 0 radical (unpaired) electrons. The van der Waals surface area contributed by atoms with Crippen LogP contribution in [0.15, 0.2) is 39.9 Å². The van der Waals surface area contributed by atoms with Crippen LogP contribution in [-0.4, -0.2) is 58.3 Å². The van der Waals surface area contributed by atoms with Gasteiger partial charge in [0, 0.05) is 17.0 Å². The van der Waals surface area contributed by atoms with Crippen LogP contribution in [0, 0.1) is 0 Å². The van der Waals surface area contributed by atoms with Crippen molar-refractivity contribution in [3.63, 3.8) is 0 Å². The fourth-order valence-corrected chi connectivity index (χ4v) is 6.95. The van der Waals surface area contributed by atoms with E-state index in [1.165, 1.54) is 24.4 Å².